The number of nitrogens with two attached hydrogens (primary N) is 1. The third-order valence-corrected chi connectivity index (χ3v) is 2.52. The van der Waals surface area contributed by atoms with Crippen LogP contribution in [0.25, 0.3) is 0 Å². The Kier molecular flexibility index (Phi) is 5.84. The van der Waals surface area contributed by atoms with Gasteiger partial charge in [-0.1, -0.05) is 6.92 Å². The van der Waals surface area contributed by atoms with Gasteiger partial charge in [-0.25, -0.2) is 4.98 Å². The molecule has 1 rings (SSSR count). The van der Waals surface area contributed by atoms with Crippen LogP contribution >= 0.6 is 0 Å². The third kappa shape index (κ3) is 5.41. The fourth-order valence-electron chi connectivity index (χ4n) is 1.47. The van der Waals surface area contributed by atoms with Gasteiger partial charge in [0.2, 0.25) is 5.95 Å². The fraction of sp³-hybridized carbons (Fsp3) is 0.583. The number of anilines is 3. The molecule has 0 aromatic carbocycles. The summed E-state index contributed by atoms with van der Waals surface area (Å²) in [4.78, 5) is 18.9. The number of nitrogen functional groups attached to an aromatic ring is 1. The first-order valence-corrected chi connectivity index (χ1v) is 6.37. The zero-order chi connectivity index (χ0) is 14.3. The van der Waals surface area contributed by atoms with E-state index in [4.69, 9.17) is 10.8 Å². The van der Waals surface area contributed by atoms with Crippen LogP contribution < -0.4 is 16.4 Å². The average molecular weight is 267 g/mol. The molecule has 0 aliphatic rings. The van der Waals surface area contributed by atoms with Crippen molar-refractivity contribution < 1.29 is 9.90 Å². The molecule has 5 N–H and O–H groups in total. The molecule has 0 aliphatic heterocycles. The number of hydrogen-bond donors (Lipinski definition) is 4. The molecule has 19 heavy (non-hydrogen) atoms. The van der Waals surface area contributed by atoms with E-state index in [-0.39, 0.29) is 12.5 Å². The Morgan fingerprint density at radius 1 is 1.58 bits per heavy atom. The number of nitrogens with one attached hydrogen (secondary N) is 2. The minimum Gasteiger partial charge on any atom is -0.481 e. The van der Waals surface area contributed by atoms with Crippen molar-refractivity contribution in [1.29, 1.82) is 0 Å². The molecule has 1 aromatic heterocycles. The van der Waals surface area contributed by atoms with E-state index < -0.39 is 5.97 Å². The number of aromatic nitrogens is 2. The maximum atomic E-state index is 10.5. The Balaban J connectivity index is 2.62. The van der Waals surface area contributed by atoms with E-state index in [9.17, 15) is 4.79 Å². The number of carboxylic acids is 1. The molecular formula is C12H21N5O2. The van der Waals surface area contributed by atoms with Gasteiger partial charge in [0.1, 0.15) is 0 Å². The second-order valence-corrected chi connectivity index (χ2v) is 4.40. The Morgan fingerprint density at radius 2 is 2.32 bits per heavy atom. The first-order chi connectivity index (χ1) is 9.02. The highest BCUT2D eigenvalue weighted by Crippen LogP contribution is 2.17. The molecule has 0 radical (unpaired) electrons. The number of aliphatic carboxylic acids is 1. The topological polar surface area (TPSA) is 113 Å². The van der Waals surface area contributed by atoms with Crippen LogP contribution in [0.1, 0.15) is 33.1 Å². The van der Waals surface area contributed by atoms with E-state index in [0.29, 0.717) is 23.9 Å². The maximum Gasteiger partial charge on any atom is 0.303 e. The molecule has 0 aliphatic carbocycles. The van der Waals surface area contributed by atoms with Crippen molar-refractivity contribution in [1.82, 2.24) is 9.97 Å². The monoisotopic (exact) mass is 267 g/mol. The Bertz CT molecular complexity index is 425. The molecule has 1 atom stereocenters. The highest BCUT2D eigenvalue weighted by molar-refractivity contribution is 5.67. The van der Waals surface area contributed by atoms with E-state index in [1.54, 1.807) is 0 Å². The average Bonchev–Trinajstić information content (AvgIpc) is 2.37. The van der Waals surface area contributed by atoms with Crippen molar-refractivity contribution in [2.75, 3.05) is 22.9 Å². The minimum atomic E-state index is -0.811. The summed E-state index contributed by atoms with van der Waals surface area (Å²) < 4.78 is 0. The predicted octanol–water partition coefficient (Wildman–Crippen LogP) is 1.55. The fourth-order valence-corrected chi connectivity index (χ4v) is 1.47. The van der Waals surface area contributed by atoms with Crippen LogP contribution in [0.5, 0.6) is 0 Å². The zero-order valence-corrected chi connectivity index (χ0v) is 11.3. The second kappa shape index (κ2) is 7.40. The quantitative estimate of drug-likeness (QED) is 0.565. The summed E-state index contributed by atoms with van der Waals surface area (Å²) in [6.07, 6.45) is 3.14. The molecule has 0 bridgehead atoms. The summed E-state index contributed by atoms with van der Waals surface area (Å²) in [5, 5.41) is 14.8. The Hall–Kier alpha value is -2.05. The summed E-state index contributed by atoms with van der Waals surface area (Å²) in [7, 11) is 0. The molecule has 7 nitrogen and oxygen atoms in total. The number of nitrogens with zero attached hydrogens (tertiary/aromatic N) is 2. The summed E-state index contributed by atoms with van der Waals surface area (Å²) in [6.45, 7) is 4.74. The van der Waals surface area contributed by atoms with E-state index in [0.717, 1.165) is 13.0 Å². The van der Waals surface area contributed by atoms with E-state index in [1.807, 2.05) is 6.92 Å². The van der Waals surface area contributed by atoms with Crippen molar-refractivity contribution in [3.05, 3.63) is 6.20 Å². The number of carboxylic acid groups (broad SMARTS) is 1. The SMILES string of the molecule is CCCNc1ncc(N)c(N[C@@H](C)CCC(=O)O)n1. The number of hydrogen-bond acceptors (Lipinski definition) is 6. The number of rotatable bonds is 8. The van der Waals surface area contributed by atoms with Gasteiger partial charge in [0, 0.05) is 19.0 Å². The van der Waals surface area contributed by atoms with Gasteiger partial charge < -0.3 is 21.5 Å². The van der Waals surface area contributed by atoms with Gasteiger partial charge >= 0.3 is 5.97 Å². The van der Waals surface area contributed by atoms with E-state index >= 15 is 0 Å². The molecule has 1 heterocycles. The molecule has 0 saturated carbocycles. The molecule has 0 spiro atoms. The molecular weight excluding hydrogens is 246 g/mol. The van der Waals surface area contributed by atoms with Gasteiger partial charge in [0.05, 0.1) is 11.9 Å². The van der Waals surface area contributed by atoms with Gasteiger partial charge in [0.25, 0.3) is 0 Å². The lowest BCUT2D eigenvalue weighted by atomic mass is 10.2. The number of carbonyl (C=O) groups is 1. The van der Waals surface area contributed by atoms with Gasteiger partial charge in [-0.3, -0.25) is 4.79 Å². The molecule has 0 unspecified atom stereocenters. The van der Waals surface area contributed by atoms with E-state index in [1.165, 1.54) is 6.20 Å². The smallest absolute Gasteiger partial charge is 0.303 e. The highest BCUT2D eigenvalue weighted by atomic mass is 16.4. The molecule has 7 heteroatoms. The van der Waals surface area contributed by atoms with Crippen molar-refractivity contribution >= 4 is 23.4 Å². The van der Waals surface area contributed by atoms with Crippen molar-refractivity contribution in [2.24, 2.45) is 0 Å². The van der Waals surface area contributed by atoms with Crippen LogP contribution in [-0.4, -0.2) is 33.6 Å². The van der Waals surface area contributed by atoms with Crippen LogP contribution in [0.15, 0.2) is 6.20 Å². The van der Waals surface area contributed by atoms with Gasteiger partial charge in [-0.05, 0) is 19.8 Å². The lowest BCUT2D eigenvalue weighted by molar-refractivity contribution is -0.137. The second-order valence-electron chi connectivity index (χ2n) is 4.40. The zero-order valence-electron chi connectivity index (χ0n) is 11.3. The normalized spacial score (nSPS) is 11.9. The largest absolute Gasteiger partial charge is 0.481 e. The molecule has 106 valence electrons. The van der Waals surface area contributed by atoms with Crippen molar-refractivity contribution in [3.63, 3.8) is 0 Å². The predicted molar refractivity (Wildman–Crippen MR) is 75.2 cm³/mol. The van der Waals surface area contributed by atoms with Gasteiger partial charge in [-0.2, -0.15) is 4.98 Å². The van der Waals surface area contributed by atoms with E-state index in [2.05, 4.69) is 27.5 Å². The van der Waals surface area contributed by atoms with Crippen LogP contribution in [0.3, 0.4) is 0 Å². The first-order valence-electron chi connectivity index (χ1n) is 6.37. The Morgan fingerprint density at radius 3 is 2.95 bits per heavy atom. The minimum absolute atomic E-state index is 0.0210. The highest BCUT2D eigenvalue weighted by Gasteiger charge is 2.09. The summed E-state index contributed by atoms with van der Waals surface area (Å²) in [6, 6.07) is -0.0210. The summed E-state index contributed by atoms with van der Waals surface area (Å²) in [5.74, 6) is 0.241. The molecule has 0 fully saturated rings. The van der Waals surface area contributed by atoms with Crippen LogP contribution in [0.2, 0.25) is 0 Å². The molecule has 1 aromatic rings. The molecule has 0 saturated heterocycles. The first kappa shape index (κ1) is 15.0. The lowest BCUT2D eigenvalue weighted by Gasteiger charge is -2.15. The van der Waals surface area contributed by atoms with Gasteiger partial charge in [-0.15, -0.1) is 0 Å². The molecule has 0 amide bonds. The van der Waals surface area contributed by atoms with Gasteiger partial charge in [0.15, 0.2) is 5.82 Å². The standard InChI is InChI=1S/C12H21N5O2/c1-3-6-14-12-15-7-9(13)11(17-12)16-8(2)4-5-10(18)19/h7-8H,3-6,13H2,1-2H3,(H,18,19)(H2,14,15,16,17)/t8-/m0/s1. The van der Waals surface area contributed by atoms with Crippen molar-refractivity contribution in [3.8, 4) is 0 Å². The van der Waals surface area contributed by atoms with Crippen molar-refractivity contribution in [2.45, 2.75) is 39.2 Å². The third-order valence-electron chi connectivity index (χ3n) is 2.52. The Labute approximate surface area is 112 Å². The van der Waals surface area contributed by atoms with Crippen LogP contribution in [0, 0.1) is 0 Å². The van der Waals surface area contributed by atoms with Crippen LogP contribution in [0.4, 0.5) is 17.5 Å². The lowest BCUT2D eigenvalue weighted by Crippen LogP contribution is -2.19. The maximum absolute atomic E-state index is 10.5. The summed E-state index contributed by atoms with van der Waals surface area (Å²) >= 11 is 0. The van der Waals surface area contributed by atoms with Crippen LogP contribution in [-0.2, 0) is 4.79 Å². The summed E-state index contributed by atoms with van der Waals surface area (Å²) in [5.41, 5.74) is 6.24.